The molecule has 1 saturated carbocycles. The van der Waals surface area contributed by atoms with Gasteiger partial charge in [0.15, 0.2) is 0 Å². The summed E-state index contributed by atoms with van der Waals surface area (Å²) in [7, 11) is 0. The van der Waals surface area contributed by atoms with Crippen molar-refractivity contribution in [2.24, 2.45) is 11.8 Å². The van der Waals surface area contributed by atoms with Gasteiger partial charge in [0.25, 0.3) is 0 Å². The van der Waals surface area contributed by atoms with Crippen molar-refractivity contribution in [1.29, 1.82) is 0 Å². The summed E-state index contributed by atoms with van der Waals surface area (Å²) in [5, 5.41) is 0. The van der Waals surface area contributed by atoms with Gasteiger partial charge in [-0.05, 0) is 37.5 Å². The molecule has 44 valence electrons. The van der Waals surface area contributed by atoms with E-state index in [1.54, 1.807) is 0 Å². The van der Waals surface area contributed by atoms with E-state index in [2.05, 4.69) is 12.2 Å². The molecule has 0 aromatic heterocycles. The van der Waals surface area contributed by atoms with Crippen LogP contribution in [0.1, 0.15) is 25.7 Å². The summed E-state index contributed by atoms with van der Waals surface area (Å²) in [5.74, 6) is 2.05. The van der Waals surface area contributed by atoms with E-state index in [1.165, 1.54) is 25.7 Å². The fourth-order valence-corrected chi connectivity index (χ4v) is 1.97. The highest BCUT2D eigenvalue weighted by Crippen LogP contribution is 2.37. The van der Waals surface area contributed by atoms with E-state index in [-0.39, 0.29) is 0 Å². The second-order valence-corrected chi connectivity index (χ2v) is 3.10. The fourth-order valence-electron chi connectivity index (χ4n) is 1.97. The van der Waals surface area contributed by atoms with Crippen LogP contribution in [0, 0.1) is 11.8 Å². The van der Waals surface area contributed by atoms with Crippen molar-refractivity contribution < 1.29 is 0 Å². The predicted octanol–water partition coefficient (Wildman–Crippen LogP) is 2.36. The number of hydrogen-bond donors (Lipinski definition) is 0. The first-order valence-corrected chi connectivity index (χ1v) is 3.62. The van der Waals surface area contributed by atoms with Gasteiger partial charge in [0.2, 0.25) is 0 Å². The van der Waals surface area contributed by atoms with E-state index < -0.39 is 0 Å². The SMILES string of the molecule is C1=CC2CC[C@@H](C1)C2. The molecule has 0 saturated heterocycles. The molecule has 2 atom stereocenters. The molecule has 0 aromatic rings. The molecule has 0 N–H and O–H groups in total. The third-order valence-corrected chi connectivity index (χ3v) is 2.46. The molecule has 0 heterocycles. The Morgan fingerprint density at radius 3 is 3.00 bits per heavy atom. The van der Waals surface area contributed by atoms with Crippen molar-refractivity contribution in [2.45, 2.75) is 25.7 Å². The van der Waals surface area contributed by atoms with Crippen molar-refractivity contribution in [3.63, 3.8) is 0 Å². The summed E-state index contributed by atoms with van der Waals surface area (Å²) in [5.41, 5.74) is 0. The second kappa shape index (κ2) is 1.61. The van der Waals surface area contributed by atoms with Gasteiger partial charge in [-0.25, -0.2) is 0 Å². The first kappa shape index (κ1) is 4.60. The molecular formula is C8H12. The minimum absolute atomic E-state index is 0.980. The van der Waals surface area contributed by atoms with Crippen LogP contribution in [0.3, 0.4) is 0 Å². The quantitative estimate of drug-likeness (QED) is 0.418. The molecule has 2 aliphatic carbocycles. The zero-order valence-corrected chi connectivity index (χ0v) is 5.14. The van der Waals surface area contributed by atoms with E-state index in [4.69, 9.17) is 0 Å². The van der Waals surface area contributed by atoms with Gasteiger partial charge >= 0.3 is 0 Å². The van der Waals surface area contributed by atoms with Gasteiger partial charge < -0.3 is 0 Å². The third kappa shape index (κ3) is 0.594. The van der Waals surface area contributed by atoms with Crippen LogP contribution in [0.5, 0.6) is 0 Å². The number of rotatable bonds is 0. The molecule has 1 unspecified atom stereocenters. The normalized spacial score (nSPS) is 43.0. The van der Waals surface area contributed by atoms with Crippen molar-refractivity contribution in [1.82, 2.24) is 0 Å². The minimum atomic E-state index is 0.980. The van der Waals surface area contributed by atoms with Gasteiger partial charge in [-0.3, -0.25) is 0 Å². The lowest BCUT2D eigenvalue weighted by molar-refractivity contribution is 0.519. The summed E-state index contributed by atoms with van der Waals surface area (Å²) in [6.45, 7) is 0. The molecule has 0 aliphatic heterocycles. The van der Waals surface area contributed by atoms with Gasteiger partial charge in [0, 0.05) is 0 Å². The van der Waals surface area contributed by atoms with Crippen LogP contribution in [0.25, 0.3) is 0 Å². The van der Waals surface area contributed by atoms with Crippen molar-refractivity contribution in [2.75, 3.05) is 0 Å². The van der Waals surface area contributed by atoms with Crippen LogP contribution < -0.4 is 0 Å². The van der Waals surface area contributed by atoms with Gasteiger partial charge in [0.1, 0.15) is 0 Å². The van der Waals surface area contributed by atoms with Crippen LogP contribution in [-0.4, -0.2) is 0 Å². The molecule has 2 bridgehead atoms. The Morgan fingerprint density at radius 1 is 1.25 bits per heavy atom. The largest absolute Gasteiger partial charge is 0.0880 e. The smallest absolute Gasteiger partial charge is 0.0231 e. The monoisotopic (exact) mass is 108 g/mol. The Kier molecular flexibility index (Phi) is 0.927. The molecule has 0 aromatic carbocycles. The Bertz CT molecular complexity index is 113. The van der Waals surface area contributed by atoms with Crippen molar-refractivity contribution >= 4 is 0 Å². The van der Waals surface area contributed by atoms with Crippen LogP contribution in [-0.2, 0) is 0 Å². The Hall–Kier alpha value is -0.260. The summed E-state index contributed by atoms with van der Waals surface area (Å²) >= 11 is 0. The second-order valence-electron chi connectivity index (χ2n) is 3.10. The van der Waals surface area contributed by atoms with E-state index in [0.717, 1.165) is 11.8 Å². The summed E-state index contributed by atoms with van der Waals surface area (Å²) < 4.78 is 0. The molecule has 8 heavy (non-hydrogen) atoms. The average molecular weight is 108 g/mol. The van der Waals surface area contributed by atoms with Crippen molar-refractivity contribution in [3.8, 4) is 0 Å². The average Bonchev–Trinajstić information content (AvgIpc) is 2.12. The van der Waals surface area contributed by atoms with E-state index >= 15 is 0 Å². The Labute approximate surface area is 50.6 Å². The van der Waals surface area contributed by atoms with Crippen LogP contribution in [0.4, 0.5) is 0 Å². The molecule has 1 fully saturated rings. The molecule has 0 heteroatoms. The van der Waals surface area contributed by atoms with E-state index in [0.29, 0.717) is 0 Å². The highest BCUT2D eigenvalue weighted by atomic mass is 14.3. The zero-order chi connectivity index (χ0) is 5.40. The molecule has 0 amide bonds. The lowest BCUT2D eigenvalue weighted by atomic mass is 9.96. The standard InChI is InChI=1S/C8H12/c1-2-7-4-5-8(3-1)6-7/h1-2,7-8H,3-6H2/t7?,8-/m1/s1. The maximum atomic E-state index is 2.41. The maximum Gasteiger partial charge on any atom is -0.0231 e. The Morgan fingerprint density at radius 2 is 2.25 bits per heavy atom. The van der Waals surface area contributed by atoms with E-state index in [1.807, 2.05) is 0 Å². The van der Waals surface area contributed by atoms with Gasteiger partial charge in [-0.1, -0.05) is 12.2 Å². The summed E-state index contributed by atoms with van der Waals surface area (Å²) in [6.07, 6.45) is 10.6. The molecule has 2 aliphatic rings. The first-order valence-electron chi connectivity index (χ1n) is 3.62. The summed E-state index contributed by atoms with van der Waals surface area (Å²) in [6, 6.07) is 0. The maximum absolute atomic E-state index is 2.41. The van der Waals surface area contributed by atoms with Crippen LogP contribution in [0.15, 0.2) is 12.2 Å². The lowest BCUT2D eigenvalue weighted by Gasteiger charge is -2.10. The number of allylic oxidation sites excluding steroid dienone is 2. The van der Waals surface area contributed by atoms with Crippen molar-refractivity contribution in [3.05, 3.63) is 12.2 Å². The Balaban J connectivity index is 2.17. The topological polar surface area (TPSA) is 0 Å². The molecule has 0 nitrogen and oxygen atoms in total. The number of hydrogen-bond acceptors (Lipinski definition) is 0. The molecule has 2 rings (SSSR count). The molecule has 0 radical (unpaired) electrons. The zero-order valence-electron chi connectivity index (χ0n) is 5.14. The van der Waals surface area contributed by atoms with Crippen LogP contribution in [0.2, 0.25) is 0 Å². The fraction of sp³-hybridized carbons (Fsp3) is 0.750. The van der Waals surface area contributed by atoms with E-state index in [9.17, 15) is 0 Å². The summed E-state index contributed by atoms with van der Waals surface area (Å²) in [4.78, 5) is 0. The minimum Gasteiger partial charge on any atom is -0.0880 e. The molecule has 0 spiro atoms. The first-order chi connectivity index (χ1) is 3.95. The van der Waals surface area contributed by atoms with Gasteiger partial charge in [-0.2, -0.15) is 0 Å². The van der Waals surface area contributed by atoms with Crippen LogP contribution >= 0.6 is 0 Å². The highest BCUT2D eigenvalue weighted by molar-refractivity contribution is 5.00. The number of fused-ring (bicyclic) bond motifs is 2. The lowest BCUT2D eigenvalue weighted by Crippen LogP contribution is -1.97. The molecular weight excluding hydrogens is 96.1 g/mol. The van der Waals surface area contributed by atoms with Gasteiger partial charge in [-0.15, -0.1) is 0 Å². The predicted molar refractivity (Wildman–Crippen MR) is 34.6 cm³/mol. The highest BCUT2D eigenvalue weighted by Gasteiger charge is 2.24. The van der Waals surface area contributed by atoms with Gasteiger partial charge in [0.05, 0.1) is 0 Å². The third-order valence-electron chi connectivity index (χ3n) is 2.46.